The number of carbonyl (C=O) groups excluding carboxylic acids is 1. The molecule has 2 aromatic rings. The zero-order chi connectivity index (χ0) is 18.4. The predicted octanol–water partition coefficient (Wildman–Crippen LogP) is 1.48. The monoisotopic (exact) mass is 361 g/mol. The molecule has 1 amide bonds. The van der Waals surface area contributed by atoms with Crippen LogP contribution in [0.25, 0.3) is 0 Å². The Hall–Kier alpha value is -2.32. The zero-order valence-corrected chi connectivity index (χ0v) is 14.9. The van der Waals surface area contributed by atoms with Crippen molar-refractivity contribution in [3.05, 3.63) is 47.5 Å². The van der Waals surface area contributed by atoms with E-state index in [1.165, 1.54) is 10.7 Å². The van der Waals surface area contributed by atoms with Crippen molar-refractivity contribution < 1.29 is 13.9 Å². The minimum absolute atomic E-state index is 0.236. The number of nitrogens with zero attached hydrogens (tertiary/aromatic N) is 4. The van der Waals surface area contributed by atoms with Crippen LogP contribution in [0.4, 0.5) is 4.39 Å². The third-order valence-corrected chi connectivity index (χ3v) is 4.54. The van der Waals surface area contributed by atoms with Crippen LogP contribution in [-0.2, 0) is 4.74 Å². The van der Waals surface area contributed by atoms with Gasteiger partial charge in [-0.1, -0.05) is 23.4 Å². The molecule has 1 N–H and O–H groups in total. The number of hydrogen-bond acceptors (Lipinski definition) is 5. The summed E-state index contributed by atoms with van der Waals surface area (Å²) in [5.74, 6) is -0.566. The number of benzene rings is 1. The van der Waals surface area contributed by atoms with Crippen molar-refractivity contribution in [3.63, 3.8) is 0 Å². The summed E-state index contributed by atoms with van der Waals surface area (Å²) in [6.07, 6.45) is 2.42. The standard InChI is InChI=1S/C18H24FN5O2/c1-14(15-5-2-3-6-16(15)19)24-13-17(21-22-24)18(25)20-7-4-8-23-9-11-26-12-10-23/h2-3,5-6,13-14H,4,7-12H2,1H3,(H,20,25)/t14-/m0/s1. The molecular formula is C18H24FN5O2. The lowest BCUT2D eigenvalue weighted by Gasteiger charge is -2.26. The molecule has 3 rings (SSSR count). The van der Waals surface area contributed by atoms with Gasteiger partial charge in [-0.15, -0.1) is 5.10 Å². The minimum atomic E-state index is -0.341. The highest BCUT2D eigenvalue weighted by Gasteiger charge is 2.17. The van der Waals surface area contributed by atoms with Gasteiger partial charge in [-0.2, -0.15) is 0 Å². The Morgan fingerprint density at radius 1 is 1.35 bits per heavy atom. The van der Waals surface area contributed by atoms with Crippen molar-refractivity contribution in [2.45, 2.75) is 19.4 Å². The summed E-state index contributed by atoms with van der Waals surface area (Å²) in [6.45, 7) is 6.75. The summed E-state index contributed by atoms with van der Waals surface area (Å²) in [5, 5.41) is 10.7. The molecule has 1 aromatic carbocycles. The highest BCUT2D eigenvalue weighted by Crippen LogP contribution is 2.19. The molecule has 1 aliphatic rings. The van der Waals surface area contributed by atoms with Crippen LogP contribution in [0, 0.1) is 5.82 Å². The van der Waals surface area contributed by atoms with Crippen molar-refractivity contribution in [2.75, 3.05) is 39.4 Å². The fourth-order valence-electron chi connectivity index (χ4n) is 2.95. The smallest absolute Gasteiger partial charge is 0.273 e. The number of amides is 1. The van der Waals surface area contributed by atoms with Gasteiger partial charge in [0.25, 0.3) is 5.91 Å². The second kappa shape index (κ2) is 8.86. The first-order chi connectivity index (χ1) is 12.6. The van der Waals surface area contributed by atoms with E-state index in [1.807, 2.05) is 6.92 Å². The van der Waals surface area contributed by atoms with Crippen LogP contribution in [0.3, 0.4) is 0 Å². The maximum atomic E-state index is 13.9. The quantitative estimate of drug-likeness (QED) is 0.757. The predicted molar refractivity (Wildman–Crippen MR) is 94.4 cm³/mol. The fourth-order valence-corrected chi connectivity index (χ4v) is 2.95. The van der Waals surface area contributed by atoms with Crippen molar-refractivity contribution >= 4 is 5.91 Å². The number of halogens is 1. The molecule has 0 spiro atoms. The van der Waals surface area contributed by atoms with E-state index < -0.39 is 0 Å². The summed E-state index contributed by atoms with van der Waals surface area (Å²) in [4.78, 5) is 14.5. The van der Waals surface area contributed by atoms with Gasteiger partial charge in [0.05, 0.1) is 25.5 Å². The van der Waals surface area contributed by atoms with Crippen molar-refractivity contribution in [1.82, 2.24) is 25.2 Å². The summed E-state index contributed by atoms with van der Waals surface area (Å²) < 4.78 is 20.7. The highest BCUT2D eigenvalue weighted by molar-refractivity contribution is 5.91. The molecule has 0 unspecified atom stereocenters. The second-order valence-corrected chi connectivity index (χ2v) is 6.34. The second-order valence-electron chi connectivity index (χ2n) is 6.34. The van der Waals surface area contributed by atoms with E-state index in [0.717, 1.165) is 39.3 Å². The van der Waals surface area contributed by atoms with Crippen LogP contribution in [0.2, 0.25) is 0 Å². The van der Waals surface area contributed by atoms with E-state index in [2.05, 4.69) is 20.5 Å². The summed E-state index contributed by atoms with van der Waals surface area (Å²) in [7, 11) is 0. The fraction of sp³-hybridized carbons (Fsp3) is 0.500. The Morgan fingerprint density at radius 2 is 2.12 bits per heavy atom. The topological polar surface area (TPSA) is 72.3 Å². The van der Waals surface area contributed by atoms with Crippen molar-refractivity contribution in [3.8, 4) is 0 Å². The van der Waals surface area contributed by atoms with Gasteiger partial charge in [-0.25, -0.2) is 9.07 Å². The molecule has 8 heteroatoms. The van der Waals surface area contributed by atoms with Gasteiger partial charge >= 0.3 is 0 Å². The first-order valence-electron chi connectivity index (χ1n) is 8.89. The molecule has 0 bridgehead atoms. The summed E-state index contributed by atoms with van der Waals surface area (Å²) in [5.41, 5.74) is 0.745. The normalized spacial score (nSPS) is 16.4. The maximum Gasteiger partial charge on any atom is 0.273 e. The van der Waals surface area contributed by atoms with Crippen molar-refractivity contribution in [1.29, 1.82) is 0 Å². The van der Waals surface area contributed by atoms with Gasteiger partial charge in [0.15, 0.2) is 5.69 Å². The molecule has 7 nitrogen and oxygen atoms in total. The number of ether oxygens (including phenoxy) is 1. The molecule has 1 fully saturated rings. The molecule has 1 aliphatic heterocycles. The van der Waals surface area contributed by atoms with E-state index in [1.54, 1.807) is 24.4 Å². The van der Waals surface area contributed by atoms with Crippen LogP contribution in [0.1, 0.15) is 35.4 Å². The summed E-state index contributed by atoms with van der Waals surface area (Å²) in [6, 6.07) is 6.18. The third-order valence-electron chi connectivity index (χ3n) is 4.54. The van der Waals surface area contributed by atoms with E-state index in [-0.39, 0.29) is 23.5 Å². The zero-order valence-electron chi connectivity index (χ0n) is 14.9. The molecule has 1 saturated heterocycles. The van der Waals surface area contributed by atoms with Gasteiger partial charge in [0, 0.05) is 25.2 Å². The van der Waals surface area contributed by atoms with E-state index in [4.69, 9.17) is 4.74 Å². The Labute approximate surface area is 152 Å². The lowest BCUT2D eigenvalue weighted by molar-refractivity contribution is 0.0374. The van der Waals surface area contributed by atoms with Crippen molar-refractivity contribution in [2.24, 2.45) is 0 Å². The number of rotatable bonds is 7. The highest BCUT2D eigenvalue weighted by atomic mass is 19.1. The molecule has 0 saturated carbocycles. The van der Waals surface area contributed by atoms with Gasteiger partial charge in [0.2, 0.25) is 0 Å². The first kappa shape index (κ1) is 18.5. The van der Waals surface area contributed by atoms with Crippen LogP contribution < -0.4 is 5.32 Å². The number of nitrogens with one attached hydrogen (secondary N) is 1. The van der Waals surface area contributed by atoms with Crippen LogP contribution in [0.5, 0.6) is 0 Å². The first-order valence-corrected chi connectivity index (χ1v) is 8.89. The molecule has 0 aliphatic carbocycles. The average molecular weight is 361 g/mol. The van der Waals surface area contributed by atoms with Gasteiger partial charge in [-0.05, 0) is 26.0 Å². The lowest BCUT2D eigenvalue weighted by Crippen LogP contribution is -2.38. The van der Waals surface area contributed by atoms with Gasteiger partial charge in [-0.3, -0.25) is 9.69 Å². The molecule has 140 valence electrons. The van der Waals surface area contributed by atoms with Crippen LogP contribution in [0.15, 0.2) is 30.5 Å². The Kier molecular flexibility index (Phi) is 6.30. The maximum absolute atomic E-state index is 13.9. The molecule has 1 atom stereocenters. The molecular weight excluding hydrogens is 337 g/mol. The van der Waals surface area contributed by atoms with Crippen LogP contribution in [-0.4, -0.2) is 65.2 Å². The van der Waals surface area contributed by atoms with Gasteiger partial charge < -0.3 is 10.1 Å². The largest absolute Gasteiger partial charge is 0.379 e. The van der Waals surface area contributed by atoms with Crippen LogP contribution >= 0.6 is 0 Å². The summed E-state index contributed by atoms with van der Waals surface area (Å²) >= 11 is 0. The van der Waals surface area contributed by atoms with E-state index >= 15 is 0 Å². The molecule has 26 heavy (non-hydrogen) atoms. The van der Waals surface area contributed by atoms with Gasteiger partial charge in [0.1, 0.15) is 5.82 Å². The molecule has 0 radical (unpaired) electrons. The minimum Gasteiger partial charge on any atom is -0.379 e. The number of morpholine rings is 1. The number of aromatic nitrogens is 3. The van der Waals surface area contributed by atoms with E-state index in [0.29, 0.717) is 12.1 Å². The Morgan fingerprint density at radius 3 is 2.88 bits per heavy atom. The average Bonchev–Trinajstić information content (AvgIpc) is 3.16. The Bertz CT molecular complexity index is 730. The molecule has 1 aromatic heterocycles. The third kappa shape index (κ3) is 4.64. The van der Waals surface area contributed by atoms with E-state index in [9.17, 15) is 9.18 Å². The lowest BCUT2D eigenvalue weighted by atomic mass is 10.1. The SMILES string of the molecule is C[C@@H](c1ccccc1F)n1cc(C(=O)NCCCN2CCOCC2)nn1. The molecule has 2 heterocycles. The number of carbonyl (C=O) groups is 1. The Balaban J connectivity index is 1.49. The number of hydrogen-bond donors (Lipinski definition) is 1.